The quantitative estimate of drug-likeness (QED) is 0.305. The third-order valence-corrected chi connectivity index (χ3v) is 5.00. The first kappa shape index (κ1) is 18.2. The van der Waals surface area contributed by atoms with Crippen LogP contribution in [0.25, 0.3) is 16.0 Å². The van der Waals surface area contributed by atoms with Crippen LogP contribution >= 0.6 is 0 Å². The lowest BCUT2D eigenvalue weighted by molar-refractivity contribution is 0.113. The van der Waals surface area contributed by atoms with Crippen molar-refractivity contribution in [3.05, 3.63) is 70.6 Å². The predicted molar refractivity (Wildman–Crippen MR) is 102 cm³/mol. The first-order valence-corrected chi connectivity index (χ1v) is 8.97. The van der Waals surface area contributed by atoms with Gasteiger partial charge in [0.05, 0.1) is 37.5 Å². The van der Waals surface area contributed by atoms with Crippen molar-refractivity contribution in [1.29, 1.82) is 0 Å². The van der Waals surface area contributed by atoms with E-state index in [0.717, 1.165) is 25.1 Å². The highest BCUT2D eigenvalue weighted by Gasteiger charge is 2.32. The molecule has 0 aliphatic heterocycles. The molecule has 1 aliphatic rings. The Balaban J connectivity index is 1.64. The van der Waals surface area contributed by atoms with E-state index >= 15 is 0 Å². The van der Waals surface area contributed by atoms with Crippen molar-refractivity contribution < 1.29 is 4.74 Å². The minimum atomic E-state index is -0.131. The summed E-state index contributed by atoms with van der Waals surface area (Å²) >= 11 is 0. The van der Waals surface area contributed by atoms with Gasteiger partial charge in [-0.25, -0.2) is 4.98 Å². The van der Waals surface area contributed by atoms with Crippen molar-refractivity contribution in [2.75, 3.05) is 6.61 Å². The third-order valence-electron chi connectivity index (χ3n) is 5.00. The molecule has 26 heavy (non-hydrogen) atoms. The van der Waals surface area contributed by atoms with E-state index in [2.05, 4.69) is 51.6 Å². The Kier molecular flexibility index (Phi) is 5.76. The van der Waals surface area contributed by atoms with Crippen LogP contribution in [0.15, 0.2) is 54.0 Å². The minimum absolute atomic E-state index is 0.0145. The Morgan fingerprint density at radius 2 is 2.15 bits per heavy atom. The first-order chi connectivity index (χ1) is 12.6. The number of rotatable bonds is 7. The van der Waals surface area contributed by atoms with E-state index < -0.39 is 0 Å². The third kappa shape index (κ3) is 4.34. The zero-order valence-corrected chi connectivity index (χ0v) is 15.4. The van der Waals surface area contributed by atoms with E-state index in [1.807, 2.05) is 30.7 Å². The number of benzene rings is 1. The summed E-state index contributed by atoms with van der Waals surface area (Å²) < 4.78 is 7.91. The Morgan fingerprint density at radius 3 is 2.92 bits per heavy atom. The highest BCUT2D eigenvalue weighted by Crippen LogP contribution is 2.39. The number of imidazole rings is 1. The number of allylic oxidation sites excluding steroid dienone is 1. The number of nitrogens with zero attached hydrogens (tertiary/aromatic N) is 5. The maximum Gasteiger partial charge on any atom is 0.0951 e. The number of hydrogen-bond donors (Lipinski definition) is 0. The van der Waals surface area contributed by atoms with Gasteiger partial charge in [0, 0.05) is 11.5 Å². The molecule has 0 saturated heterocycles. The fraction of sp³-hybridized carbons (Fsp3) is 0.450. The molecule has 0 spiro atoms. The van der Waals surface area contributed by atoms with Crippen molar-refractivity contribution in [2.45, 2.75) is 45.9 Å². The molecule has 6 nitrogen and oxygen atoms in total. The molecule has 0 amide bonds. The molecule has 1 aliphatic carbocycles. The van der Waals surface area contributed by atoms with Crippen LogP contribution in [0, 0.1) is 5.41 Å². The average Bonchev–Trinajstić information content (AvgIpc) is 3.10. The lowest BCUT2D eigenvalue weighted by Crippen LogP contribution is -2.29. The van der Waals surface area contributed by atoms with Crippen LogP contribution in [0.3, 0.4) is 0 Å². The summed E-state index contributed by atoms with van der Waals surface area (Å²) in [7, 11) is 0. The monoisotopic (exact) mass is 351 g/mol. The van der Waals surface area contributed by atoms with Crippen molar-refractivity contribution in [3.63, 3.8) is 0 Å². The fourth-order valence-electron chi connectivity index (χ4n) is 3.26. The Hall–Kier alpha value is -2.56. The van der Waals surface area contributed by atoms with Gasteiger partial charge in [-0.1, -0.05) is 55.4 Å². The molecule has 1 heterocycles. The SMILES string of the molecule is CC1(C)CCC(c2cncn2CCOCc2ccccc2)=CC1N=[N+]=[N-]. The largest absolute Gasteiger partial charge is 0.375 e. The van der Waals surface area contributed by atoms with E-state index in [1.165, 1.54) is 11.1 Å². The molecule has 0 bridgehead atoms. The molecule has 3 rings (SSSR count). The summed E-state index contributed by atoms with van der Waals surface area (Å²) in [5, 5.41) is 3.98. The summed E-state index contributed by atoms with van der Waals surface area (Å²) in [5.74, 6) is 0. The van der Waals surface area contributed by atoms with Crippen molar-refractivity contribution in [1.82, 2.24) is 9.55 Å². The van der Waals surface area contributed by atoms with Crippen LogP contribution in [0.5, 0.6) is 0 Å². The molecular weight excluding hydrogens is 326 g/mol. The lowest BCUT2D eigenvalue weighted by atomic mass is 9.74. The Labute approximate surface area is 154 Å². The van der Waals surface area contributed by atoms with Gasteiger partial charge in [0.1, 0.15) is 0 Å². The van der Waals surface area contributed by atoms with Gasteiger partial charge < -0.3 is 9.30 Å². The van der Waals surface area contributed by atoms with E-state index in [9.17, 15) is 0 Å². The van der Waals surface area contributed by atoms with Gasteiger partial charge >= 0.3 is 0 Å². The van der Waals surface area contributed by atoms with Crippen LogP contribution in [0.4, 0.5) is 0 Å². The molecular formula is C20H25N5O. The molecule has 1 aromatic heterocycles. The maximum absolute atomic E-state index is 8.85. The lowest BCUT2D eigenvalue weighted by Gasteiger charge is -2.34. The molecule has 6 heteroatoms. The van der Waals surface area contributed by atoms with E-state index in [-0.39, 0.29) is 11.5 Å². The van der Waals surface area contributed by atoms with E-state index in [1.54, 1.807) is 0 Å². The highest BCUT2D eigenvalue weighted by atomic mass is 16.5. The molecule has 0 N–H and O–H groups in total. The summed E-state index contributed by atoms with van der Waals surface area (Å²) in [6.07, 6.45) is 7.76. The average molecular weight is 351 g/mol. The van der Waals surface area contributed by atoms with Crippen LogP contribution in [-0.4, -0.2) is 22.2 Å². The minimum Gasteiger partial charge on any atom is -0.375 e. The predicted octanol–water partition coefficient (Wildman–Crippen LogP) is 4.98. The van der Waals surface area contributed by atoms with Crippen molar-refractivity contribution in [2.24, 2.45) is 10.5 Å². The number of ether oxygens (including phenoxy) is 1. The van der Waals surface area contributed by atoms with Gasteiger partial charge in [-0.3, -0.25) is 0 Å². The van der Waals surface area contributed by atoms with Crippen molar-refractivity contribution >= 4 is 5.57 Å². The summed E-state index contributed by atoms with van der Waals surface area (Å²) in [6.45, 7) is 6.27. The van der Waals surface area contributed by atoms with Crippen LogP contribution in [0.2, 0.25) is 0 Å². The number of azide groups is 1. The zero-order valence-electron chi connectivity index (χ0n) is 15.4. The molecule has 1 unspecified atom stereocenters. The molecule has 1 atom stereocenters. The summed E-state index contributed by atoms with van der Waals surface area (Å²) in [4.78, 5) is 7.33. The van der Waals surface area contributed by atoms with Gasteiger partial charge in [-0.05, 0) is 34.9 Å². The second-order valence-electron chi connectivity index (χ2n) is 7.34. The molecule has 136 valence electrons. The van der Waals surface area contributed by atoms with Gasteiger partial charge in [-0.2, -0.15) is 0 Å². The summed E-state index contributed by atoms with van der Waals surface area (Å²) in [6, 6.07) is 10.0. The van der Waals surface area contributed by atoms with Gasteiger partial charge in [0.25, 0.3) is 0 Å². The van der Waals surface area contributed by atoms with Crippen LogP contribution in [0.1, 0.15) is 37.9 Å². The van der Waals surface area contributed by atoms with Crippen LogP contribution in [-0.2, 0) is 17.9 Å². The maximum atomic E-state index is 8.85. The Bertz CT molecular complexity index is 803. The Morgan fingerprint density at radius 1 is 1.35 bits per heavy atom. The van der Waals surface area contributed by atoms with Gasteiger partial charge in [-0.15, -0.1) is 0 Å². The van der Waals surface area contributed by atoms with Gasteiger partial charge in [0.15, 0.2) is 0 Å². The molecule has 2 aromatic rings. The fourth-order valence-corrected chi connectivity index (χ4v) is 3.26. The highest BCUT2D eigenvalue weighted by molar-refractivity contribution is 5.64. The first-order valence-electron chi connectivity index (χ1n) is 8.97. The van der Waals surface area contributed by atoms with Gasteiger partial charge in [0.2, 0.25) is 0 Å². The summed E-state index contributed by atoms with van der Waals surface area (Å²) in [5.41, 5.74) is 12.3. The van der Waals surface area contributed by atoms with Crippen LogP contribution < -0.4 is 0 Å². The van der Waals surface area contributed by atoms with E-state index in [4.69, 9.17) is 10.3 Å². The normalized spacial score (nSPS) is 18.8. The molecule has 0 saturated carbocycles. The number of aromatic nitrogens is 2. The molecule has 1 aromatic carbocycles. The number of hydrogen-bond acceptors (Lipinski definition) is 3. The zero-order chi connectivity index (χ0) is 18.4. The van der Waals surface area contributed by atoms with E-state index in [0.29, 0.717) is 13.2 Å². The standard InChI is InChI=1S/C20H25N5O/c1-20(2)9-8-17(12-19(20)23-24-21)18-13-22-15-25(18)10-11-26-14-16-6-4-3-5-7-16/h3-7,12-13,15,19H,8-11,14H2,1-2H3. The van der Waals surface area contributed by atoms with Crippen molar-refractivity contribution in [3.8, 4) is 0 Å². The molecule has 0 radical (unpaired) electrons. The topological polar surface area (TPSA) is 75.8 Å². The molecule has 0 fully saturated rings. The smallest absolute Gasteiger partial charge is 0.0951 e. The second kappa shape index (κ2) is 8.21. The second-order valence-corrected chi connectivity index (χ2v) is 7.34.